The number of ether oxygens (including phenoxy) is 2. The number of rotatable bonds is 6. The van der Waals surface area contributed by atoms with Crippen LogP contribution in [0.15, 0.2) is 47.8 Å². The third kappa shape index (κ3) is 3.84. The summed E-state index contributed by atoms with van der Waals surface area (Å²) in [7, 11) is 0. The second-order valence-corrected chi connectivity index (χ2v) is 8.38. The first-order chi connectivity index (χ1) is 15.1. The number of ketones is 1. The average Bonchev–Trinajstić information content (AvgIpc) is 3.51. The van der Waals surface area contributed by atoms with Crippen LogP contribution in [0.4, 0.5) is 0 Å². The quantitative estimate of drug-likeness (QED) is 0.431. The Morgan fingerprint density at radius 2 is 2.03 bits per heavy atom. The highest BCUT2D eigenvalue weighted by atomic mass is 32.1. The Morgan fingerprint density at radius 3 is 2.84 bits per heavy atom. The zero-order valence-corrected chi connectivity index (χ0v) is 18.0. The molecule has 9 heteroatoms. The van der Waals surface area contributed by atoms with E-state index in [1.54, 1.807) is 0 Å². The summed E-state index contributed by atoms with van der Waals surface area (Å²) in [4.78, 5) is 15.2. The molecule has 158 valence electrons. The molecule has 0 aliphatic carbocycles. The summed E-state index contributed by atoms with van der Waals surface area (Å²) in [5.74, 6) is 1.98. The number of para-hydroxylation sites is 2. The van der Waals surface area contributed by atoms with Crippen LogP contribution in [0.3, 0.4) is 0 Å². The fourth-order valence-electron chi connectivity index (χ4n) is 3.75. The predicted molar refractivity (Wildman–Crippen MR) is 116 cm³/mol. The second kappa shape index (κ2) is 7.99. The molecule has 4 aromatic rings. The normalized spacial score (nSPS) is 15.2. The maximum Gasteiger partial charge on any atom is 0.214 e. The summed E-state index contributed by atoms with van der Waals surface area (Å²) in [5.41, 5.74) is 2.54. The van der Waals surface area contributed by atoms with Gasteiger partial charge in [0.15, 0.2) is 23.4 Å². The number of aryl methyl sites for hydroxylation is 1. The van der Waals surface area contributed by atoms with Crippen molar-refractivity contribution >= 4 is 17.1 Å². The first-order valence-corrected chi connectivity index (χ1v) is 10.9. The molecule has 0 bridgehead atoms. The Balaban J connectivity index is 1.30. The molecule has 5 rings (SSSR count). The van der Waals surface area contributed by atoms with Gasteiger partial charge in [0.25, 0.3) is 0 Å². The van der Waals surface area contributed by atoms with E-state index in [1.807, 2.05) is 61.7 Å². The number of Topliss-reactive ketones (excluding diaryl/α,β-unsaturated/α-hetero) is 1. The molecular formula is C22H21N5O3S. The molecule has 31 heavy (non-hydrogen) atoms. The van der Waals surface area contributed by atoms with Gasteiger partial charge in [-0.1, -0.05) is 18.2 Å². The van der Waals surface area contributed by atoms with E-state index in [9.17, 15) is 4.79 Å². The molecule has 0 radical (unpaired) electrons. The maximum absolute atomic E-state index is 13.0. The molecule has 0 saturated carbocycles. The van der Waals surface area contributed by atoms with E-state index in [1.165, 1.54) is 16.1 Å². The number of fused-ring (bicyclic) bond motifs is 1. The molecule has 1 atom stereocenters. The van der Waals surface area contributed by atoms with Crippen LogP contribution in [-0.4, -0.2) is 43.3 Å². The van der Waals surface area contributed by atoms with Gasteiger partial charge in [-0.15, -0.1) is 21.5 Å². The third-order valence-electron chi connectivity index (χ3n) is 5.31. The minimum absolute atomic E-state index is 0.0408. The summed E-state index contributed by atoms with van der Waals surface area (Å²) >= 11 is 1.54. The number of nitrogens with zero attached hydrogens (tertiary/aromatic N) is 5. The molecule has 0 fully saturated rings. The van der Waals surface area contributed by atoms with Crippen LogP contribution in [-0.2, 0) is 13.1 Å². The summed E-state index contributed by atoms with van der Waals surface area (Å²) < 4.78 is 14.0. The highest BCUT2D eigenvalue weighted by molar-refractivity contribution is 7.13. The van der Waals surface area contributed by atoms with E-state index >= 15 is 0 Å². The first kappa shape index (κ1) is 19.5. The van der Waals surface area contributed by atoms with Gasteiger partial charge in [-0.25, -0.2) is 0 Å². The fraction of sp³-hybridized carbons (Fsp3) is 0.273. The molecule has 0 spiro atoms. The number of aromatic nitrogens is 5. The Hall–Kier alpha value is -3.46. The van der Waals surface area contributed by atoms with Crippen molar-refractivity contribution in [2.75, 3.05) is 6.61 Å². The summed E-state index contributed by atoms with van der Waals surface area (Å²) in [6.07, 6.45) is -0.131. The summed E-state index contributed by atoms with van der Waals surface area (Å²) in [5, 5.41) is 14.4. The van der Waals surface area contributed by atoms with Gasteiger partial charge < -0.3 is 14.0 Å². The van der Waals surface area contributed by atoms with Crippen molar-refractivity contribution < 1.29 is 14.3 Å². The van der Waals surface area contributed by atoms with Crippen molar-refractivity contribution in [2.24, 2.45) is 0 Å². The fourth-order valence-corrected chi connectivity index (χ4v) is 4.40. The molecule has 4 heterocycles. The highest BCUT2D eigenvalue weighted by Gasteiger charge is 2.24. The van der Waals surface area contributed by atoms with Gasteiger partial charge in [0.2, 0.25) is 5.82 Å². The van der Waals surface area contributed by atoms with Crippen LogP contribution in [0.25, 0.3) is 10.7 Å². The van der Waals surface area contributed by atoms with Gasteiger partial charge in [-0.3, -0.25) is 4.79 Å². The second-order valence-electron chi connectivity index (χ2n) is 7.44. The molecular weight excluding hydrogens is 414 g/mol. The van der Waals surface area contributed by atoms with E-state index in [2.05, 4.69) is 20.0 Å². The van der Waals surface area contributed by atoms with Crippen LogP contribution >= 0.6 is 11.3 Å². The molecule has 1 aromatic carbocycles. The van der Waals surface area contributed by atoms with Gasteiger partial charge >= 0.3 is 0 Å². The number of hydrogen-bond acceptors (Lipinski definition) is 7. The number of carbonyl (C=O) groups is 1. The van der Waals surface area contributed by atoms with Gasteiger partial charge in [0, 0.05) is 17.0 Å². The van der Waals surface area contributed by atoms with Crippen molar-refractivity contribution in [2.45, 2.75) is 33.0 Å². The van der Waals surface area contributed by atoms with Crippen molar-refractivity contribution in [3.8, 4) is 22.2 Å². The van der Waals surface area contributed by atoms with E-state index in [0.29, 0.717) is 24.5 Å². The van der Waals surface area contributed by atoms with E-state index in [-0.39, 0.29) is 18.4 Å². The predicted octanol–water partition coefficient (Wildman–Crippen LogP) is 3.54. The third-order valence-corrected chi connectivity index (χ3v) is 6.17. The maximum atomic E-state index is 13.0. The Morgan fingerprint density at radius 1 is 1.19 bits per heavy atom. The van der Waals surface area contributed by atoms with Crippen molar-refractivity contribution in [3.63, 3.8) is 0 Å². The molecule has 3 aromatic heterocycles. The van der Waals surface area contributed by atoms with E-state index in [0.717, 1.165) is 27.8 Å². The highest BCUT2D eigenvalue weighted by Crippen LogP contribution is 2.31. The molecule has 0 N–H and O–H groups in total. The zero-order valence-electron chi connectivity index (χ0n) is 17.2. The summed E-state index contributed by atoms with van der Waals surface area (Å²) in [6.45, 7) is 5.04. The Labute approximate surface area is 183 Å². The minimum atomic E-state index is -0.131. The van der Waals surface area contributed by atoms with E-state index in [4.69, 9.17) is 9.47 Å². The van der Waals surface area contributed by atoms with E-state index < -0.39 is 0 Å². The van der Waals surface area contributed by atoms with Gasteiger partial charge in [0.1, 0.15) is 13.2 Å². The van der Waals surface area contributed by atoms with Gasteiger partial charge in [-0.05, 0) is 48.7 Å². The first-order valence-electron chi connectivity index (χ1n) is 9.98. The Bertz CT molecular complexity index is 1230. The number of hydrogen-bond donors (Lipinski definition) is 0. The monoisotopic (exact) mass is 435 g/mol. The van der Waals surface area contributed by atoms with Crippen molar-refractivity contribution in [1.82, 2.24) is 24.8 Å². The van der Waals surface area contributed by atoms with Gasteiger partial charge in [-0.2, -0.15) is 4.80 Å². The van der Waals surface area contributed by atoms with Crippen LogP contribution in [0.5, 0.6) is 11.5 Å². The topological polar surface area (TPSA) is 84.1 Å². The van der Waals surface area contributed by atoms with Crippen molar-refractivity contribution in [1.29, 1.82) is 0 Å². The Kier molecular flexibility index (Phi) is 5.03. The largest absolute Gasteiger partial charge is 0.486 e. The number of benzene rings is 1. The standard InChI is InChI=1S/C22H21N5O3S/c1-14-10-17(18(28)12-27-24-22(23-25-27)21-8-5-9-31-21)15(2)26(14)11-16-13-29-19-6-3-4-7-20(19)30-16/h3-10,16H,11-13H2,1-2H3/t16-/m0/s1. The van der Waals surface area contributed by atoms with Gasteiger partial charge in [0.05, 0.1) is 11.4 Å². The van der Waals surface area contributed by atoms with Crippen LogP contribution in [0, 0.1) is 13.8 Å². The molecule has 1 aliphatic heterocycles. The minimum Gasteiger partial charge on any atom is -0.486 e. The molecule has 8 nitrogen and oxygen atoms in total. The smallest absolute Gasteiger partial charge is 0.214 e. The molecule has 1 aliphatic rings. The molecule has 0 amide bonds. The lowest BCUT2D eigenvalue weighted by Gasteiger charge is -2.27. The van der Waals surface area contributed by atoms with Crippen LogP contribution in [0.2, 0.25) is 0 Å². The lowest BCUT2D eigenvalue weighted by Crippen LogP contribution is -2.33. The van der Waals surface area contributed by atoms with Crippen LogP contribution in [0.1, 0.15) is 21.7 Å². The number of thiophene rings is 1. The molecule has 0 unspecified atom stereocenters. The SMILES string of the molecule is Cc1cc(C(=O)Cn2nnc(-c3cccs3)n2)c(C)n1C[C@H]1COc2ccccc2O1. The van der Waals surface area contributed by atoms with Crippen LogP contribution < -0.4 is 9.47 Å². The summed E-state index contributed by atoms with van der Waals surface area (Å²) in [6, 6.07) is 13.4. The molecule has 0 saturated heterocycles. The zero-order chi connectivity index (χ0) is 21.4. The lowest BCUT2D eigenvalue weighted by molar-refractivity contribution is 0.0777. The average molecular weight is 436 g/mol. The van der Waals surface area contributed by atoms with Crippen molar-refractivity contribution in [3.05, 3.63) is 64.8 Å². The lowest BCUT2D eigenvalue weighted by atomic mass is 10.1. The number of tetrazole rings is 1. The number of carbonyl (C=O) groups excluding carboxylic acids is 1.